The highest BCUT2D eigenvalue weighted by Crippen LogP contribution is 2.29. The largest absolute Gasteiger partial charge is 0.355 e. The number of benzene rings is 1. The van der Waals surface area contributed by atoms with Crippen molar-refractivity contribution >= 4 is 34.1 Å². The van der Waals surface area contributed by atoms with Crippen molar-refractivity contribution in [2.45, 2.75) is 0 Å². The van der Waals surface area contributed by atoms with Crippen LogP contribution in [0.2, 0.25) is 0 Å². The van der Waals surface area contributed by atoms with Crippen molar-refractivity contribution < 1.29 is 0 Å². The summed E-state index contributed by atoms with van der Waals surface area (Å²) in [5.74, 6) is 0. The van der Waals surface area contributed by atoms with Crippen molar-refractivity contribution in [3.8, 4) is 22.8 Å². The number of hydrogen-bond donors (Lipinski definition) is 1. The van der Waals surface area contributed by atoms with Gasteiger partial charge in [-0.1, -0.05) is 12.1 Å². The summed E-state index contributed by atoms with van der Waals surface area (Å²) in [6.07, 6.45) is 3.50. The number of anilines is 1. The highest BCUT2D eigenvalue weighted by molar-refractivity contribution is 7.80. The van der Waals surface area contributed by atoms with Gasteiger partial charge >= 0.3 is 0 Å². The average Bonchev–Trinajstić information content (AvgIpc) is 2.74. The van der Waals surface area contributed by atoms with Crippen LogP contribution in [-0.2, 0) is 0 Å². The van der Waals surface area contributed by atoms with Crippen molar-refractivity contribution in [1.82, 2.24) is 24.8 Å². The lowest BCUT2D eigenvalue weighted by Crippen LogP contribution is -2.26. The maximum atomic E-state index is 5.33. The van der Waals surface area contributed by atoms with Crippen LogP contribution in [0.3, 0.4) is 0 Å². The van der Waals surface area contributed by atoms with Crippen LogP contribution in [0.4, 0.5) is 5.69 Å². The normalized spacial score (nSPS) is 10.6. The van der Waals surface area contributed by atoms with Gasteiger partial charge in [0.25, 0.3) is 0 Å². The Morgan fingerprint density at radius 2 is 1.43 bits per heavy atom. The predicted octanol–water partition coefficient (Wildman–Crippen LogP) is 4.01. The van der Waals surface area contributed by atoms with Crippen LogP contribution in [0, 0.1) is 0 Å². The van der Waals surface area contributed by atoms with Crippen LogP contribution >= 0.6 is 12.2 Å². The van der Waals surface area contributed by atoms with E-state index in [4.69, 9.17) is 22.2 Å². The number of thiocarbonyl (C=S) groups is 1. The van der Waals surface area contributed by atoms with Crippen LogP contribution < -0.4 is 5.32 Å². The van der Waals surface area contributed by atoms with Crippen molar-refractivity contribution in [3.05, 3.63) is 67.0 Å². The highest BCUT2D eigenvalue weighted by Gasteiger charge is 2.15. The molecule has 0 saturated heterocycles. The Balaban J connectivity index is 1.88. The molecule has 1 aromatic carbocycles. The van der Waals surface area contributed by atoms with Gasteiger partial charge in [-0.25, -0.2) is 9.97 Å². The van der Waals surface area contributed by atoms with Gasteiger partial charge in [0.05, 0.1) is 22.4 Å². The molecule has 3 aromatic heterocycles. The van der Waals surface area contributed by atoms with Crippen molar-refractivity contribution in [2.24, 2.45) is 0 Å². The lowest BCUT2D eigenvalue weighted by molar-refractivity contribution is 0.634. The molecule has 0 fully saturated rings. The molecule has 0 saturated carbocycles. The summed E-state index contributed by atoms with van der Waals surface area (Å²) in [5, 5.41) is 3.83. The highest BCUT2D eigenvalue weighted by atomic mass is 32.1. The Morgan fingerprint density at radius 3 is 1.96 bits per heavy atom. The molecule has 0 amide bonds. The molecule has 0 aliphatic carbocycles. The predicted molar refractivity (Wildman–Crippen MR) is 116 cm³/mol. The zero-order valence-electron chi connectivity index (χ0n) is 15.5. The molecule has 0 spiro atoms. The number of rotatable bonds is 3. The first-order chi connectivity index (χ1) is 13.6. The molecule has 0 radical (unpaired) electrons. The number of hydrogen-bond acceptors (Lipinski definition) is 5. The fourth-order valence-corrected chi connectivity index (χ4v) is 2.85. The first-order valence-corrected chi connectivity index (χ1v) is 9.15. The first kappa shape index (κ1) is 17.9. The van der Waals surface area contributed by atoms with E-state index in [-0.39, 0.29) is 0 Å². The Kier molecular flexibility index (Phi) is 4.90. The van der Waals surface area contributed by atoms with Crippen LogP contribution in [0.1, 0.15) is 0 Å². The molecule has 28 heavy (non-hydrogen) atoms. The third-order valence-corrected chi connectivity index (χ3v) is 4.60. The third kappa shape index (κ3) is 3.65. The molecule has 0 atom stereocenters. The SMILES string of the molecule is CN(C)C(=S)Nc1ccc2nc(-c3ccccn3)c(-c3ccccn3)nc2c1. The Hall–Kier alpha value is -3.45. The molecule has 6 nitrogen and oxygen atoms in total. The quantitative estimate of drug-likeness (QED) is 0.534. The molecule has 4 aromatic rings. The number of nitrogens with one attached hydrogen (secondary N) is 1. The van der Waals surface area contributed by atoms with Crippen LogP contribution in [-0.4, -0.2) is 44.0 Å². The second kappa shape index (κ2) is 7.66. The van der Waals surface area contributed by atoms with Gasteiger partial charge in [0.1, 0.15) is 11.4 Å². The maximum Gasteiger partial charge on any atom is 0.172 e. The average molecular weight is 386 g/mol. The van der Waals surface area contributed by atoms with Gasteiger partial charge in [-0.3, -0.25) is 9.97 Å². The van der Waals surface area contributed by atoms with Gasteiger partial charge in [-0.2, -0.15) is 0 Å². The summed E-state index contributed by atoms with van der Waals surface area (Å²) >= 11 is 5.33. The summed E-state index contributed by atoms with van der Waals surface area (Å²) in [5.41, 5.74) is 5.30. The molecule has 4 rings (SSSR count). The lowest BCUT2D eigenvalue weighted by atomic mass is 10.1. The molecule has 0 aliphatic rings. The fourth-order valence-electron chi connectivity index (χ4n) is 2.73. The van der Waals surface area contributed by atoms with Crippen LogP contribution in [0.5, 0.6) is 0 Å². The molecule has 7 heteroatoms. The molecular weight excluding hydrogens is 368 g/mol. The molecule has 0 aliphatic heterocycles. The topological polar surface area (TPSA) is 66.8 Å². The maximum absolute atomic E-state index is 5.33. The second-order valence-corrected chi connectivity index (χ2v) is 6.77. The van der Waals surface area contributed by atoms with E-state index in [1.54, 1.807) is 12.4 Å². The third-order valence-electron chi connectivity index (χ3n) is 4.14. The number of aromatic nitrogens is 4. The molecule has 0 bridgehead atoms. The summed E-state index contributed by atoms with van der Waals surface area (Å²) in [6, 6.07) is 17.3. The zero-order chi connectivity index (χ0) is 19.5. The second-order valence-electron chi connectivity index (χ2n) is 6.38. The van der Waals surface area contributed by atoms with Gasteiger partial charge in [0.15, 0.2) is 5.11 Å². The number of pyridine rings is 2. The van der Waals surface area contributed by atoms with Crippen LogP contribution in [0.15, 0.2) is 67.0 Å². The minimum atomic E-state index is 0.627. The van der Waals surface area contributed by atoms with E-state index >= 15 is 0 Å². The Bertz CT molecular complexity index is 1130. The van der Waals surface area contributed by atoms with E-state index in [1.165, 1.54) is 0 Å². The van der Waals surface area contributed by atoms with E-state index in [1.807, 2.05) is 73.6 Å². The molecule has 1 N–H and O–H groups in total. The Labute approximate surface area is 168 Å². The molecule has 138 valence electrons. The van der Waals surface area contributed by atoms with Crippen molar-refractivity contribution in [3.63, 3.8) is 0 Å². The fraction of sp³-hybridized carbons (Fsp3) is 0.0952. The van der Waals surface area contributed by atoms with E-state index in [0.717, 1.165) is 28.1 Å². The smallest absolute Gasteiger partial charge is 0.172 e. The van der Waals surface area contributed by atoms with Gasteiger partial charge < -0.3 is 10.2 Å². The summed E-state index contributed by atoms with van der Waals surface area (Å²) in [7, 11) is 3.79. The molecular formula is C21H18N6S. The monoisotopic (exact) mass is 386 g/mol. The van der Waals surface area contributed by atoms with E-state index in [9.17, 15) is 0 Å². The summed E-state index contributed by atoms with van der Waals surface area (Å²) < 4.78 is 0. The van der Waals surface area contributed by atoms with Crippen molar-refractivity contribution in [2.75, 3.05) is 19.4 Å². The molecule has 0 unspecified atom stereocenters. The summed E-state index contributed by atoms with van der Waals surface area (Å²) in [6.45, 7) is 0. The van der Waals surface area contributed by atoms with E-state index < -0.39 is 0 Å². The standard InChI is InChI=1S/C21H18N6S/c1-27(2)21(28)24-14-9-10-15-18(13-14)26-20(17-8-4-6-12-23-17)19(25-15)16-7-3-5-11-22-16/h3-13H,1-2H3,(H,24,28). The number of nitrogens with zero attached hydrogens (tertiary/aromatic N) is 5. The first-order valence-electron chi connectivity index (χ1n) is 8.75. The van der Waals surface area contributed by atoms with Gasteiger partial charge in [0, 0.05) is 32.2 Å². The lowest BCUT2D eigenvalue weighted by Gasteiger charge is -2.16. The van der Waals surface area contributed by atoms with Gasteiger partial charge in [0.2, 0.25) is 0 Å². The summed E-state index contributed by atoms with van der Waals surface area (Å²) in [4.78, 5) is 20.5. The van der Waals surface area contributed by atoms with E-state index in [2.05, 4.69) is 15.3 Å². The number of fused-ring (bicyclic) bond motifs is 1. The van der Waals surface area contributed by atoms with E-state index in [0.29, 0.717) is 16.5 Å². The minimum Gasteiger partial charge on any atom is -0.355 e. The molecule has 3 heterocycles. The minimum absolute atomic E-state index is 0.627. The van der Waals surface area contributed by atoms with Crippen LogP contribution in [0.25, 0.3) is 33.8 Å². The van der Waals surface area contributed by atoms with Gasteiger partial charge in [-0.05, 0) is 54.7 Å². The Morgan fingerprint density at radius 1 is 0.821 bits per heavy atom. The zero-order valence-corrected chi connectivity index (χ0v) is 16.3. The van der Waals surface area contributed by atoms with Crippen molar-refractivity contribution in [1.29, 1.82) is 0 Å². The van der Waals surface area contributed by atoms with Gasteiger partial charge in [-0.15, -0.1) is 0 Å².